The predicted molar refractivity (Wildman–Crippen MR) is 82.9 cm³/mol. The van der Waals surface area contributed by atoms with Gasteiger partial charge in [0.1, 0.15) is 11.8 Å². The molecule has 0 unspecified atom stereocenters. The van der Waals surface area contributed by atoms with Gasteiger partial charge in [0.2, 0.25) is 0 Å². The maximum absolute atomic E-state index is 9.24. The first kappa shape index (κ1) is 13.8. The summed E-state index contributed by atoms with van der Waals surface area (Å²) in [5.74, 6) is 0. The summed E-state index contributed by atoms with van der Waals surface area (Å²) in [5, 5.41) is 22.9. The molecule has 0 amide bonds. The number of aliphatic hydroxyl groups is 1. The smallest absolute Gasteiger partial charge is 0.143 e. The average molecular weight is 281 g/mol. The molecule has 1 aromatic heterocycles. The highest BCUT2D eigenvalue weighted by Crippen LogP contribution is 2.44. The molecule has 4 nitrogen and oxygen atoms in total. The van der Waals surface area contributed by atoms with Crippen molar-refractivity contribution in [3.05, 3.63) is 36.0 Å². The number of benzene rings is 1. The maximum Gasteiger partial charge on any atom is 0.143 e. The summed E-state index contributed by atoms with van der Waals surface area (Å²) >= 11 is 0. The monoisotopic (exact) mass is 281 g/mol. The fourth-order valence-electron chi connectivity index (χ4n) is 3.09. The number of pyridine rings is 1. The molecule has 1 heterocycles. The van der Waals surface area contributed by atoms with Gasteiger partial charge in [-0.3, -0.25) is 0 Å². The Hall–Kier alpha value is -2.12. The van der Waals surface area contributed by atoms with E-state index in [0.717, 1.165) is 42.4 Å². The fraction of sp³-hybridized carbons (Fsp3) is 0.412. The molecule has 1 aliphatic rings. The van der Waals surface area contributed by atoms with Gasteiger partial charge in [0.05, 0.1) is 5.52 Å². The summed E-state index contributed by atoms with van der Waals surface area (Å²) < 4.78 is 0. The zero-order valence-corrected chi connectivity index (χ0v) is 12.0. The highest BCUT2D eigenvalue weighted by molar-refractivity contribution is 5.91. The van der Waals surface area contributed by atoms with Gasteiger partial charge in [-0.1, -0.05) is 24.6 Å². The minimum absolute atomic E-state index is 0.214. The maximum atomic E-state index is 9.24. The van der Waals surface area contributed by atoms with Gasteiger partial charge in [0.15, 0.2) is 0 Å². The minimum Gasteiger partial charge on any atom is -0.396 e. The second-order valence-electron chi connectivity index (χ2n) is 5.86. The van der Waals surface area contributed by atoms with Crippen LogP contribution in [0.25, 0.3) is 10.9 Å². The summed E-state index contributed by atoms with van der Waals surface area (Å²) in [6.07, 6.45) is 4.40. The summed E-state index contributed by atoms with van der Waals surface area (Å²) in [7, 11) is 0. The van der Waals surface area contributed by atoms with Gasteiger partial charge in [-0.2, -0.15) is 5.26 Å². The summed E-state index contributed by atoms with van der Waals surface area (Å²) in [5.41, 5.74) is 2.44. The molecule has 1 saturated carbocycles. The normalized spacial score (nSPS) is 16.2. The van der Waals surface area contributed by atoms with Gasteiger partial charge >= 0.3 is 0 Å². The third kappa shape index (κ3) is 2.70. The summed E-state index contributed by atoms with van der Waals surface area (Å²) in [6.45, 7) is 1.08. The SMILES string of the molecule is N#Cc1cc(NCC2(CCO)CCC2)c2ccccc2n1. The molecule has 2 N–H and O–H groups in total. The number of nitriles is 1. The lowest BCUT2D eigenvalue weighted by atomic mass is 9.66. The van der Waals surface area contributed by atoms with Gasteiger partial charge in [-0.15, -0.1) is 0 Å². The van der Waals surface area contributed by atoms with Crippen molar-refractivity contribution in [1.29, 1.82) is 5.26 Å². The van der Waals surface area contributed by atoms with Crippen LogP contribution in [0.2, 0.25) is 0 Å². The molecule has 3 rings (SSSR count). The Kier molecular flexibility index (Phi) is 3.76. The van der Waals surface area contributed by atoms with Crippen LogP contribution >= 0.6 is 0 Å². The molecular formula is C17H19N3O. The van der Waals surface area contributed by atoms with Crippen molar-refractivity contribution < 1.29 is 5.11 Å². The second kappa shape index (κ2) is 5.71. The van der Waals surface area contributed by atoms with E-state index in [-0.39, 0.29) is 12.0 Å². The first-order valence-corrected chi connectivity index (χ1v) is 7.41. The lowest BCUT2D eigenvalue weighted by molar-refractivity contribution is 0.102. The number of hydrogen-bond donors (Lipinski definition) is 2. The van der Waals surface area contributed by atoms with Crippen LogP contribution in [0.1, 0.15) is 31.4 Å². The molecule has 0 aliphatic heterocycles. The van der Waals surface area contributed by atoms with Crippen molar-refractivity contribution in [3.8, 4) is 6.07 Å². The zero-order valence-electron chi connectivity index (χ0n) is 12.0. The molecule has 0 bridgehead atoms. The number of rotatable bonds is 5. The third-order valence-corrected chi connectivity index (χ3v) is 4.54. The van der Waals surface area contributed by atoms with Gasteiger partial charge in [-0.25, -0.2) is 4.98 Å². The molecule has 1 fully saturated rings. The number of fused-ring (bicyclic) bond motifs is 1. The van der Waals surface area contributed by atoms with Gasteiger partial charge in [0, 0.05) is 24.2 Å². The first-order chi connectivity index (χ1) is 10.3. The number of aliphatic hydroxyl groups excluding tert-OH is 1. The Labute approximate surface area is 124 Å². The molecule has 4 heteroatoms. The Morgan fingerprint density at radius 3 is 2.81 bits per heavy atom. The molecule has 0 spiro atoms. The lowest BCUT2D eigenvalue weighted by Crippen LogP contribution is -2.37. The molecule has 108 valence electrons. The third-order valence-electron chi connectivity index (χ3n) is 4.54. The van der Waals surface area contributed by atoms with E-state index < -0.39 is 0 Å². The highest BCUT2D eigenvalue weighted by atomic mass is 16.3. The van der Waals surface area contributed by atoms with Gasteiger partial charge in [-0.05, 0) is 36.8 Å². The van der Waals surface area contributed by atoms with Crippen LogP contribution in [0.3, 0.4) is 0 Å². The number of hydrogen-bond acceptors (Lipinski definition) is 4. The molecule has 0 saturated heterocycles. The van der Waals surface area contributed by atoms with Crippen molar-refractivity contribution >= 4 is 16.6 Å². The van der Waals surface area contributed by atoms with Crippen LogP contribution in [0.4, 0.5) is 5.69 Å². The molecule has 0 radical (unpaired) electrons. The van der Waals surface area contributed by atoms with E-state index in [4.69, 9.17) is 5.26 Å². The van der Waals surface area contributed by atoms with E-state index >= 15 is 0 Å². The summed E-state index contributed by atoms with van der Waals surface area (Å²) in [6, 6.07) is 11.8. The molecule has 1 aromatic carbocycles. The topological polar surface area (TPSA) is 68.9 Å². The van der Waals surface area contributed by atoms with Crippen LogP contribution in [0.15, 0.2) is 30.3 Å². The average Bonchev–Trinajstić information content (AvgIpc) is 2.49. The van der Waals surface area contributed by atoms with Crippen LogP contribution in [-0.2, 0) is 0 Å². The number of anilines is 1. The minimum atomic E-state index is 0.214. The van der Waals surface area contributed by atoms with Crippen molar-refractivity contribution in [2.24, 2.45) is 5.41 Å². The van der Waals surface area contributed by atoms with Crippen LogP contribution in [0.5, 0.6) is 0 Å². The van der Waals surface area contributed by atoms with Gasteiger partial charge < -0.3 is 10.4 Å². The van der Waals surface area contributed by atoms with E-state index in [9.17, 15) is 5.11 Å². The number of nitrogens with zero attached hydrogens (tertiary/aromatic N) is 2. The number of nitrogens with one attached hydrogen (secondary N) is 1. The Morgan fingerprint density at radius 2 is 2.14 bits per heavy atom. The van der Waals surface area contributed by atoms with Crippen LogP contribution in [-0.4, -0.2) is 23.2 Å². The zero-order chi connectivity index (χ0) is 14.7. The second-order valence-corrected chi connectivity index (χ2v) is 5.86. The van der Waals surface area contributed by atoms with Crippen LogP contribution in [0, 0.1) is 16.7 Å². The highest BCUT2D eigenvalue weighted by Gasteiger charge is 2.36. The fourth-order valence-corrected chi connectivity index (χ4v) is 3.09. The molecule has 2 aromatic rings. The summed E-state index contributed by atoms with van der Waals surface area (Å²) in [4.78, 5) is 4.33. The van der Waals surface area contributed by atoms with E-state index in [2.05, 4.69) is 16.4 Å². The van der Waals surface area contributed by atoms with Gasteiger partial charge in [0.25, 0.3) is 0 Å². The standard InChI is InChI=1S/C17H19N3O/c18-11-13-10-16(14-4-1-2-5-15(14)20-13)19-12-17(8-9-21)6-3-7-17/h1-2,4-5,10,21H,3,6-9,12H2,(H,19,20). The van der Waals surface area contributed by atoms with Crippen molar-refractivity contribution in [1.82, 2.24) is 4.98 Å². The Morgan fingerprint density at radius 1 is 1.33 bits per heavy atom. The molecular weight excluding hydrogens is 262 g/mol. The largest absolute Gasteiger partial charge is 0.396 e. The predicted octanol–water partition coefficient (Wildman–Crippen LogP) is 3.07. The quantitative estimate of drug-likeness (QED) is 0.883. The number of aromatic nitrogens is 1. The van der Waals surface area contributed by atoms with Crippen molar-refractivity contribution in [2.45, 2.75) is 25.7 Å². The Balaban J connectivity index is 1.88. The van der Waals surface area contributed by atoms with E-state index in [1.165, 1.54) is 6.42 Å². The first-order valence-electron chi connectivity index (χ1n) is 7.41. The van der Waals surface area contributed by atoms with Crippen molar-refractivity contribution in [3.63, 3.8) is 0 Å². The number of para-hydroxylation sites is 1. The van der Waals surface area contributed by atoms with E-state index in [0.29, 0.717) is 5.69 Å². The lowest BCUT2D eigenvalue weighted by Gasteiger charge is -2.42. The molecule has 1 aliphatic carbocycles. The Bertz CT molecular complexity index is 686. The van der Waals surface area contributed by atoms with Crippen LogP contribution < -0.4 is 5.32 Å². The van der Waals surface area contributed by atoms with E-state index in [1.54, 1.807) is 0 Å². The molecule has 0 atom stereocenters. The van der Waals surface area contributed by atoms with E-state index in [1.807, 2.05) is 30.3 Å². The van der Waals surface area contributed by atoms with Crippen molar-refractivity contribution in [2.75, 3.05) is 18.5 Å². The molecule has 21 heavy (non-hydrogen) atoms.